The molecule has 1 heterocycles. The predicted octanol–water partition coefficient (Wildman–Crippen LogP) is 12.9. The first-order valence-corrected chi connectivity index (χ1v) is 25.8. The molecule has 3 aliphatic carbocycles. The molecule has 3 fully saturated rings. The molecule has 1 N–H and O–H groups in total. The Morgan fingerprint density at radius 1 is 0.957 bits per heavy atom. The number of allylic oxidation sites excluding steroid dienone is 3. The van der Waals surface area contributed by atoms with Crippen LogP contribution in [0.15, 0.2) is 34.7 Å². The lowest BCUT2D eigenvalue weighted by Gasteiger charge is -2.45. The second-order valence-electron chi connectivity index (χ2n) is 19.3. The van der Waals surface area contributed by atoms with Gasteiger partial charge in [-0.1, -0.05) is 91.5 Å². The van der Waals surface area contributed by atoms with Crippen molar-refractivity contribution in [3.63, 3.8) is 0 Å². The SMILES string of the molecule is Cc1csc(C(O)CCC[C@@H](C)[C@H]2CC[C@H]3/C(=C/C=C4CC(O[Si](C)(C)C(C)(C)C)CC(O[Si](C)(C)C(C)(C)C)C4)CCC[C@]23C)c1. The Morgan fingerprint density at radius 3 is 2.09 bits per heavy atom. The van der Waals surface area contributed by atoms with Crippen molar-refractivity contribution >= 4 is 28.0 Å². The minimum Gasteiger partial charge on any atom is -0.414 e. The summed E-state index contributed by atoms with van der Waals surface area (Å²) >= 11 is 1.71. The average Bonchev–Trinajstić information content (AvgIpc) is 3.53. The van der Waals surface area contributed by atoms with Gasteiger partial charge in [0.1, 0.15) is 0 Å². The second kappa shape index (κ2) is 15.0. The number of thiophene rings is 1. The summed E-state index contributed by atoms with van der Waals surface area (Å²) in [6.45, 7) is 31.0. The maximum Gasteiger partial charge on any atom is 0.192 e. The number of aliphatic hydroxyl groups is 1. The van der Waals surface area contributed by atoms with Crippen molar-refractivity contribution < 1.29 is 14.0 Å². The molecular weight excluding hydrogens is 629 g/mol. The maximum atomic E-state index is 10.8. The van der Waals surface area contributed by atoms with Crippen LogP contribution >= 0.6 is 11.3 Å². The molecule has 0 spiro atoms. The highest BCUT2D eigenvalue weighted by Crippen LogP contribution is 2.60. The van der Waals surface area contributed by atoms with Crippen molar-refractivity contribution in [2.75, 3.05) is 0 Å². The fraction of sp³-hybridized carbons (Fsp3) is 0.805. The third-order valence-corrected chi connectivity index (χ3v) is 23.7. The summed E-state index contributed by atoms with van der Waals surface area (Å²) < 4.78 is 14.2. The lowest BCUT2D eigenvalue weighted by molar-refractivity contribution is 0.0725. The molecular formula is C41H72O3SSi2. The zero-order valence-electron chi connectivity index (χ0n) is 32.7. The second-order valence-corrected chi connectivity index (χ2v) is 29.7. The van der Waals surface area contributed by atoms with E-state index in [0.29, 0.717) is 17.3 Å². The van der Waals surface area contributed by atoms with Gasteiger partial charge in [-0.2, -0.15) is 0 Å². The van der Waals surface area contributed by atoms with Crippen LogP contribution in [-0.2, 0) is 8.85 Å². The molecule has 0 radical (unpaired) electrons. The minimum absolute atomic E-state index is 0.206. The molecule has 3 unspecified atom stereocenters. The van der Waals surface area contributed by atoms with Crippen molar-refractivity contribution in [1.29, 1.82) is 0 Å². The first-order chi connectivity index (χ1) is 21.6. The van der Waals surface area contributed by atoms with E-state index < -0.39 is 16.6 Å². The molecule has 3 aliphatic rings. The summed E-state index contributed by atoms with van der Waals surface area (Å²) in [4.78, 5) is 1.13. The first-order valence-electron chi connectivity index (χ1n) is 19.1. The molecule has 3 saturated carbocycles. The summed E-state index contributed by atoms with van der Waals surface area (Å²) in [6.07, 6.45) is 18.3. The predicted molar refractivity (Wildman–Crippen MR) is 209 cm³/mol. The smallest absolute Gasteiger partial charge is 0.192 e. The van der Waals surface area contributed by atoms with Crippen LogP contribution in [0.2, 0.25) is 36.3 Å². The number of aryl methyl sites for hydroxylation is 1. The highest BCUT2D eigenvalue weighted by atomic mass is 32.1. The summed E-state index contributed by atoms with van der Waals surface area (Å²) in [5, 5.41) is 13.3. The third kappa shape index (κ3) is 9.44. The average molecular weight is 701 g/mol. The zero-order valence-corrected chi connectivity index (χ0v) is 35.5. The third-order valence-electron chi connectivity index (χ3n) is 13.5. The largest absolute Gasteiger partial charge is 0.414 e. The van der Waals surface area contributed by atoms with E-state index in [1.54, 1.807) is 16.9 Å². The Hall–Kier alpha value is -0.506. The quantitative estimate of drug-likeness (QED) is 0.234. The Bertz CT molecular complexity index is 1210. The fourth-order valence-electron chi connectivity index (χ4n) is 8.67. The standard InChI is InChI=1S/C41H72O3SSi2/c1-29-24-38(45-28-29)37(42)18-14-16-30(2)35-21-22-36-32(17-15-23-41(35,36)9)20-19-31-25-33(43-46(10,11)39(3,4)5)27-34(26-31)44-47(12,13)40(6,7)8/h19-20,24,28,30,33-37,42H,14-18,21-23,25-27H2,1-13H3/b31-19?,32-20+/t30-,33?,34?,35-,36+,37?,41-/m1/s1. The van der Waals surface area contributed by atoms with Gasteiger partial charge in [0, 0.05) is 4.88 Å². The zero-order chi connectivity index (χ0) is 35.0. The van der Waals surface area contributed by atoms with Crippen LogP contribution in [-0.4, -0.2) is 33.9 Å². The normalized spacial score (nSPS) is 30.0. The number of rotatable bonds is 11. The van der Waals surface area contributed by atoms with Crippen LogP contribution < -0.4 is 0 Å². The van der Waals surface area contributed by atoms with Gasteiger partial charge in [-0.3, -0.25) is 0 Å². The first kappa shape index (κ1) is 39.3. The molecule has 0 aromatic carbocycles. The van der Waals surface area contributed by atoms with Crippen molar-refractivity contribution in [2.24, 2.45) is 23.2 Å². The van der Waals surface area contributed by atoms with Crippen LogP contribution in [0.5, 0.6) is 0 Å². The topological polar surface area (TPSA) is 38.7 Å². The van der Waals surface area contributed by atoms with Gasteiger partial charge in [-0.15, -0.1) is 11.3 Å². The molecule has 0 bridgehead atoms. The van der Waals surface area contributed by atoms with Crippen LogP contribution in [0.4, 0.5) is 0 Å². The number of hydrogen-bond acceptors (Lipinski definition) is 4. The van der Waals surface area contributed by atoms with E-state index in [9.17, 15) is 5.11 Å². The molecule has 3 nitrogen and oxygen atoms in total. The van der Waals surface area contributed by atoms with Gasteiger partial charge >= 0.3 is 0 Å². The van der Waals surface area contributed by atoms with E-state index in [2.05, 4.69) is 112 Å². The van der Waals surface area contributed by atoms with E-state index in [1.807, 2.05) is 0 Å². The Kier molecular flexibility index (Phi) is 12.5. The van der Waals surface area contributed by atoms with Gasteiger partial charge in [-0.05, 0) is 141 Å². The van der Waals surface area contributed by atoms with Crippen LogP contribution in [0, 0.1) is 30.1 Å². The van der Waals surface area contributed by atoms with E-state index in [1.165, 1.54) is 49.7 Å². The number of aliphatic hydroxyl groups excluding tert-OH is 1. The van der Waals surface area contributed by atoms with Crippen molar-refractivity contribution in [3.05, 3.63) is 45.2 Å². The number of fused-ring (bicyclic) bond motifs is 1. The molecule has 47 heavy (non-hydrogen) atoms. The van der Waals surface area contributed by atoms with Gasteiger partial charge < -0.3 is 14.0 Å². The summed E-state index contributed by atoms with van der Waals surface area (Å²) in [5.41, 5.74) is 4.91. The molecule has 1 aromatic rings. The van der Waals surface area contributed by atoms with Gasteiger partial charge in [0.2, 0.25) is 0 Å². The van der Waals surface area contributed by atoms with Gasteiger partial charge in [0.05, 0.1) is 18.3 Å². The summed E-state index contributed by atoms with van der Waals surface area (Å²) in [5.74, 6) is 2.20. The molecule has 0 aliphatic heterocycles. The van der Waals surface area contributed by atoms with Gasteiger partial charge in [0.25, 0.3) is 0 Å². The monoisotopic (exact) mass is 700 g/mol. The Morgan fingerprint density at radius 2 is 1.55 bits per heavy atom. The summed E-state index contributed by atoms with van der Waals surface area (Å²) in [6, 6.07) is 2.16. The summed E-state index contributed by atoms with van der Waals surface area (Å²) in [7, 11) is -3.76. The molecule has 7 atom stereocenters. The molecule has 4 rings (SSSR count). The molecule has 1 aromatic heterocycles. The Balaban J connectivity index is 1.46. The van der Waals surface area contributed by atoms with E-state index in [-0.39, 0.29) is 28.4 Å². The highest BCUT2D eigenvalue weighted by Gasteiger charge is 2.50. The van der Waals surface area contributed by atoms with Crippen molar-refractivity contribution in [3.8, 4) is 0 Å². The fourth-order valence-corrected chi connectivity index (χ4v) is 12.3. The maximum absolute atomic E-state index is 10.8. The lowest BCUT2D eigenvalue weighted by atomic mass is 9.60. The molecule has 0 saturated heterocycles. The van der Waals surface area contributed by atoms with E-state index in [4.69, 9.17) is 8.85 Å². The molecule has 268 valence electrons. The van der Waals surface area contributed by atoms with Crippen LogP contribution in [0.1, 0.15) is 143 Å². The highest BCUT2D eigenvalue weighted by molar-refractivity contribution is 7.10. The van der Waals surface area contributed by atoms with Crippen molar-refractivity contribution in [2.45, 2.75) is 188 Å². The Labute approximate surface area is 296 Å². The number of hydrogen-bond donors (Lipinski definition) is 1. The van der Waals surface area contributed by atoms with Gasteiger partial charge in [-0.25, -0.2) is 0 Å². The molecule has 0 amide bonds. The molecule has 6 heteroatoms. The minimum atomic E-state index is -1.88. The van der Waals surface area contributed by atoms with Crippen molar-refractivity contribution in [1.82, 2.24) is 0 Å². The van der Waals surface area contributed by atoms with Gasteiger partial charge in [0.15, 0.2) is 16.6 Å². The van der Waals surface area contributed by atoms with Crippen LogP contribution in [0.3, 0.4) is 0 Å². The van der Waals surface area contributed by atoms with E-state index >= 15 is 0 Å². The van der Waals surface area contributed by atoms with Crippen LogP contribution in [0.25, 0.3) is 0 Å². The van der Waals surface area contributed by atoms with E-state index in [0.717, 1.165) is 42.9 Å². The lowest BCUT2D eigenvalue weighted by Crippen LogP contribution is -2.48.